The molecule has 86 valence electrons. The smallest absolute Gasteiger partial charge is 0.251 e. The zero-order valence-corrected chi connectivity index (χ0v) is 10.3. The van der Waals surface area contributed by atoms with Gasteiger partial charge < -0.3 is 11.1 Å². The maximum absolute atomic E-state index is 11.0. The van der Waals surface area contributed by atoms with Crippen LogP contribution in [-0.2, 0) is 0 Å². The molecule has 15 heavy (non-hydrogen) atoms. The van der Waals surface area contributed by atoms with E-state index in [1.807, 2.05) is 27.7 Å². The van der Waals surface area contributed by atoms with Gasteiger partial charge in [0, 0.05) is 18.3 Å². The van der Waals surface area contributed by atoms with Crippen molar-refractivity contribution in [1.82, 2.24) is 5.32 Å². The van der Waals surface area contributed by atoms with Gasteiger partial charge in [0.05, 0.1) is 0 Å². The van der Waals surface area contributed by atoms with Crippen molar-refractivity contribution < 1.29 is 4.79 Å². The molecular weight excluding hydrogens is 188 g/mol. The summed E-state index contributed by atoms with van der Waals surface area (Å²) in [6.07, 6.45) is 0. The van der Waals surface area contributed by atoms with Crippen LogP contribution in [-0.4, -0.2) is 13.0 Å². The maximum Gasteiger partial charge on any atom is 0.251 e. The van der Waals surface area contributed by atoms with E-state index < -0.39 is 0 Å². The van der Waals surface area contributed by atoms with E-state index in [2.05, 4.69) is 5.32 Å². The van der Waals surface area contributed by atoms with Gasteiger partial charge in [0.15, 0.2) is 0 Å². The Morgan fingerprint density at radius 1 is 1.20 bits per heavy atom. The Morgan fingerprint density at radius 3 is 2.13 bits per heavy atom. The first-order chi connectivity index (χ1) is 7.24. The number of hydrogen-bond donors (Lipinski definition) is 2. The van der Waals surface area contributed by atoms with Gasteiger partial charge in [-0.15, -0.1) is 0 Å². The predicted molar refractivity (Wildman–Crippen MR) is 66.9 cm³/mol. The Morgan fingerprint density at radius 2 is 1.73 bits per heavy atom. The lowest BCUT2D eigenvalue weighted by Crippen LogP contribution is -2.17. The summed E-state index contributed by atoms with van der Waals surface area (Å²) in [6.45, 7) is 8.00. The zero-order valence-electron chi connectivity index (χ0n) is 10.3. The van der Waals surface area contributed by atoms with E-state index in [-0.39, 0.29) is 5.91 Å². The van der Waals surface area contributed by atoms with Crippen LogP contribution in [0, 0.1) is 0 Å². The van der Waals surface area contributed by atoms with Gasteiger partial charge in [-0.2, -0.15) is 0 Å². The Balaban J connectivity index is 0. The van der Waals surface area contributed by atoms with Crippen LogP contribution in [0.4, 0.5) is 5.69 Å². The zero-order chi connectivity index (χ0) is 12.3. The number of nitrogens with two attached hydrogens (primary N) is 1. The summed E-state index contributed by atoms with van der Waals surface area (Å²) in [5.74, 6) is -0.114. The van der Waals surface area contributed by atoms with Gasteiger partial charge in [-0.25, -0.2) is 0 Å². The number of anilines is 1. The SMILES string of the molecule is CC.CC.CNC(=O)c1cccc(N)c1. The Hall–Kier alpha value is -1.51. The molecule has 1 amide bonds. The highest BCUT2D eigenvalue weighted by Crippen LogP contribution is 2.05. The van der Waals surface area contributed by atoms with Crippen LogP contribution in [0.15, 0.2) is 24.3 Å². The second-order valence-corrected chi connectivity index (χ2v) is 2.20. The highest BCUT2D eigenvalue weighted by molar-refractivity contribution is 5.94. The highest BCUT2D eigenvalue weighted by Gasteiger charge is 2.00. The van der Waals surface area contributed by atoms with Crippen molar-refractivity contribution in [3.05, 3.63) is 29.8 Å². The van der Waals surface area contributed by atoms with Crippen molar-refractivity contribution in [2.24, 2.45) is 0 Å². The number of hydrogen-bond acceptors (Lipinski definition) is 2. The van der Waals surface area contributed by atoms with E-state index in [0.717, 1.165) is 0 Å². The maximum atomic E-state index is 11.0. The average molecular weight is 210 g/mol. The van der Waals surface area contributed by atoms with Crippen LogP contribution in [0.5, 0.6) is 0 Å². The molecule has 3 nitrogen and oxygen atoms in total. The normalized spacial score (nSPS) is 7.53. The minimum absolute atomic E-state index is 0.114. The molecule has 3 N–H and O–H groups in total. The highest BCUT2D eigenvalue weighted by atomic mass is 16.1. The van der Waals surface area contributed by atoms with Gasteiger partial charge in [-0.05, 0) is 18.2 Å². The fourth-order valence-corrected chi connectivity index (χ4v) is 0.824. The molecule has 0 radical (unpaired) electrons. The molecule has 0 bridgehead atoms. The van der Waals surface area contributed by atoms with Crippen molar-refractivity contribution in [1.29, 1.82) is 0 Å². The van der Waals surface area contributed by atoms with E-state index in [1.54, 1.807) is 31.3 Å². The van der Waals surface area contributed by atoms with Crippen molar-refractivity contribution in [2.45, 2.75) is 27.7 Å². The first kappa shape index (κ1) is 15.9. The molecule has 3 heteroatoms. The number of rotatable bonds is 1. The first-order valence-electron chi connectivity index (χ1n) is 5.31. The molecule has 0 saturated carbocycles. The molecule has 1 aromatic rings. The summed E-state index contributed by atoms with van der Waals surface area (Å²) in [6, 6.07) is 6.85. The third kappa shape index (κ3) is 6.55. The van der Waals surface area contributed by atoms with Crippen LogP contribution >= 0.6 is 0 Å². The van der Waals surface area contributed by atoms with Crippen molar-refractivity contribution >= 4 is 11.6 Å². The predicted octanol–water partition coefficient (Wildman–Crippen LogP) is 2.68. The van der Waals surface area contributed by atoms with Gasteiger partial charge in [0.2, 0.25) is 0 Å². The minimum atomic E-state index is -0.114. The summed E-state index contributed by atoms with van der Waals surface area (Å²) >= 11 is 0. The molecule has 0 aliphatic carbocycles. The summed E-state index contributed by atoms with van der Waals surface area (Å²) in [7, 11) is 1.59. The van der Waals surface area contributed by atoms with Gasteiger partial charge in [-0.1, -0.05) is 33.8 Å². The van der Waals surface area contributed by atoms with E-state index in [1.165, 1.54) is 0 Å². The van der Waals surface area contributed by atoms with Crippen LogP contribution in [0.2, 0.25) is 0 Å². The fourth-order valence-electron chi connectivity index (χ4n) is 0.824. The van der Waals surface area contributed by atoms with E-state index >= 15 is 0 Å². The third-order valence-electron chi connectivity index (χ3n) is 1.38. The molecule has 0 fully saturated rings. The molecule has 0 saturated heterocycles. The number of carbonyl (C=O) groups excluding carboxylic acids is 1. The lowest BCUT2D eigenvalue weighted by molar-refractivity contribution is 0.0963. The van der Waals surface area contributed by atoms with Gasteiger partial charge >= 0.3 is 0 Å². The Bertz CT molecular complexity index is 272. The quantitative estimate of drug-likeness (QED) is 0.700. The Kier molecular flexibility index (Phi) is 11.2. The summed E-state index contributed by atoms with van der Waals surface area (Å²) in [4.78, 5) is 11.0. The van der Waals surface area contributed by atoms with E-state index in [4.69, 9.17) is 5.73 Å². The molecule has 0 atom stereocenters. The first-order valence-corrected chi connectivity index (χ1v) is 5.31. The van der Waals surface area contributed by atoms with Gasteiger partial charge in [-0.3, -0.25) is 4.79 Å². The minimum Gasteiger partial charge on any atom is -0.399 e. The number of nitrogen functional groups attached to an aromatic ring is 1. The van der Waals surface area contributed by atoms with Crippen molar-refractivity contribution in [3.63, 3.8) is 0 Å². The molecule has 1 rings (SSSR count). The molecule has 1 aromatic carbocycles. The number of carbonyl (C=O) groups is 1. The molecule has 0 aliphatic rings. The lowest BCUT2D eigenvalue weighted by Gasteiger charge is -1.99. The molecule has 0 aromatic heterocycles. The largest absolute Gasteiger partial charge is 0.399 e. The standard InChI is InChI=1S/C8H10N2O.2C2H6/c1-10-8(11)6-3-2-4-7(9)5-6;2*1-2/h2-5H,9H2,1H3,(H,10,11);2*1-2H3. The second kappa shape index (κ2) is 10.6. The van der Waals surface area contributed by atoms with E-state index in [9.17, 15) is 4.79 Å². The van der Waals surface area contributed by atoms with Gasteiger partial charge in [0.25, 0.3) is 5.91 Å². The summed E-state index contributed by atoms with van der Waals surface area (Å²) in [5.41, 5.74) is 6.66. The van der Waals surface area contributed by atoms with Crippen molar-refractivity contribution in [2.75, 3.05) is 12.8 Å². The molecule has 0 spiro atoms. The van der Waals surface area contributed by atoms with E-state index in [0.29, 0.717) is 11.3 Å². The molecule has 0 unspecified atom stereocenters. The van der Waals surface area contributed by atoms with Crippen LogP contribution in [0.1, 0.15) is 38.1 Å². The monoisotopic (exact) mass is 210 g/mol. The number of benzene rings is 1. The second-order valence-electron chi connectivity index (χ2n) is 2.20. The topological polar surface area (TPSA) is 55.1 Å². The summed E-state index contributed by atoms with van der Waals surface area (Å²) < 4.78 is 0. The van der Waals surface area contributed by atoms with Crippen LogP contribution in [0.25, 0.3) is 0 Å². The fraction of sp³-hybridized carbons (Fsp3) is 0.417. The lowest BCUT2D eigenvalue weighted by atomic mass is 10.2. The molecule has 0 aliphatic heterocycles. The number of nitrogens with one attached hydrogen (secondary N) is 1. The third-order valence-corrected chi connectivity index (χ3v) is 1.38. The van der Waals surface area contributed by atoms with Gasteiger partial charge in [0.1, 0.15) is 0 Å². The van der Waals surface area contributed by atoms with Crippen LogP contribution < -0.4 is 11.1 Å². The summed E-state index contributed by atoms with van der Waals surface area (Å²) in [5, 5.41) is 2.51. The molecule has 0 heterocycles. The average Bonchev–Trinajstić information content (AvgIpc) is 2.33. The van der Waals surface area contributed by atoms with Crippen LogP contribution in [0.3, 0.4) is 0 Å². The van der Waals surface area contributed by atoms with Crippen molar-refractivity contribution in [3.8, 4) is 0 Å². The molecular formula is C12H22N2O. The Labute approximate surface area is 92.7 Å². The number of amides is 1.